The Balaban J connectivity index is 1.49. The summed E-state index contributed by atoms with van der Waals surface area (Å²) in [6.07, 6.45) is 4.28. The number of carbonyl (C=O) groups excluding carboxylic acids is 1. The summed E-state index contributed by atoms with van der Waals surface area (Å²) in [5, 5.41) is 0. The fourth-order valence-electron chi connectivity index (χ4n) is 4.84. The topological polar surface area (TPSA) is 57.7 Å². The summed E-state index contributed by atoms with van der Waals surface area (Å²) in [6.45, 7) is 5.01. The van der Waals surface area contributed by atoms with Gasteiger partial charge in [0.2, 0.25) is 0 Å². The molecule has 0 radical (unpaired) electrons. The molecule has 0 aromatic heterocycles. The number of rotatable bonds is 3. The minimum absolute atomic E-state index is 0.0828. The van der Waals surface area contributed by atoms with E-state index in [0.717, 1.165) is 19.6 Å². The maximum atomic E-state index is 13.8. The van der Waals surface area contributed by atoms with Crippen LogP contribution >= 0.6 is 0 Å². The summed E-state index contributed by atoms with van der Waals surface area (Å²) in [5.41, 5.74) is 0.780. The number of hydrogen-bond acceptors (Lipinski definition) is 4. The molecule has 3 aliphatic heterocycles. The van der Waals surface area contributed by atoms with Gasteiger partial charge in [-0.25, -0.2) is 12.8 Å². The highest BCUT2D eigenvalue weighted by atomic mass is 32.2. The molecular weight excluding hydrogens is 367 g/mol. The third kappa shape index (κ3) is 3.18. The largest absolute Gasteiger partial charge is 0.335 e. The van der Waals surface area contributed by atoms with Crippen molar-refractivity contribution in [2.45, 2.75) is 37.4 Å². The second-order valence-corrected chi connectivity index (χ2v) is 10.8. The number of halogens is 1. The smallest absolute Gasteiger partial charge is 0.254 e. The number of sulfone groups is 1. The number of nitrogens with zero attached hydrogens (tertiary/aromatic N) is 2. The van der Waals surface area contributed by atoms with E-state index in [2.05, 4.69) is 4.90 Å². The molecule has 7 heteroatoms. The maximum Gasteiger partial charge on any atom is 0.254 e. The van der Waals surface area contributed by atoms with Crippen molar-refractivity contribution in [1.82, 2.24) is 9.80 Å². The van der Waals surface area contributed by atoms with Gasteiger partial charge in [-0.05, 0) is 62.9 Å². The molecule has 148 valence electrons. The molecule has 5 nitrogen and oxygen atoms in total. The zero-order valence-corrected chi connectivity index (χ0v) is 16.6. The molecule has 1 atom stereocenters. The minimum Gasteiger partial charge on any atom is -0.335 e. The lowest BCUT2D eigenvalue weighted by atomic mass is 9.82. The van der Waals surface area contributed by atoms with E-state index < -0.39 is 20.4 Å². The predicted molar refractivity (Wildman–Crippen MR) is 102 cm³/mol. The van der Waals surface area contributed by atoms with Crippen molar-refractivity contribution in [2.24, 2.45) is 5.92 Å². The van der Waals surface area contributed by atoms with E-state index in [1.165, 1.54) is 25.3 Å². The lowest BCUT2D eigenvalue weighted by Gasteiger charge is -2.50. The second kappa shape index (κ2) is 6.85. The summed E-state index contributed by atoms with van der Waals surface area (Å²) < 4.78 is 38.6. The van der Waals surface area contributed by atoms with E-state index >= 15 is 0 Å². The number of aryl methyl sites for hydroxylation is 1. The van der Waals surface area contributed by atoms with E-state index in [1.807, 2.05) is 0 Å². The predicted octanol–water partition coefficient (Wildman–Crippen LogP) is 2.25. The van der Waals surface area contributed by atoms with Gasteiger partial charge < -0.3 is 9.80 Å². The summed E-state index contributed by atoms with van der Waals surface area (Å²) in [5.74, 6) is -0.391. The highest BCUT2D eigenvalue weighted by molar-refractivity contribution is 7.93. The molecule has 4 rings (SSSR count). The maximum absolute atomic E-state index is 13.8. The van der Waals surface area contributed by atoms with E-state index in [9.17, 15) is 17.6 Å². The van der Waals surface area contributed by atoms with Crippen LogP contribution in [0.1, 0.15) is 41.6 Å². The van der Waals surface area contributed by atoms with Gasteiger partial charge in [-0.2, -0.15) is 0 Å². The van der Waals surface area contributed by atoms with Crippen LogP contribution in [0, 0.1) is 18.7 Å². The number of benzene rings is 1. The van der Waals surface area contributed by atoms with Gasteiger partial charge >= 0.3 is 0 Å². The number of likely N-dealkylation sites (tertiary alicyclic amines) is 2. The average molecular weight is 395 g/mol. The molecule has 27 heavy (non-hydrogen) atoms. The number of hydrogen-bond donors (Lipinski definition) is 0. The monoisotopic (exact) mass is 394 g/mol. The first-order chi connectivity index (χ1) is 12.8. The van der Waals surface area contributed by atoms with Crippen molar-refractivity contribution in [3.8, 4) is 0 Å². The fourth-order valence-corrected chi connectivity index (χ4v) is 7.24. The Hall–Kier alpha value is -1.47. The minimum atomic E-state index is -3.21. The van der Waals surface area contributed by atoms with Gasteiger partial charge in [-0.3, -0.25) is 4.79 Å². The molecule has 0 bridgehead atoms. The van der Waals surface area contributed by atoms with Gasteiger partial charge in [0.1, 0.15) is 10.6 Å². The van der Waals surface area contributed by atoms with Crippen molar-refractivity contribution in [1.29, 1.82) is 0 Å². The number of piperidine rings is 1. The molecular formula is C20H27FN2O3S. The third-order valence-electron chi connectivity index (χ3n) is 6.65. The molecule has 0 N–H and O–H groups in total. The molecule has 0 aliphatic carbocycles. The van der Waals surface area contributed by atoms with Crippen molar-refractivity contribution in [3.05, 3.63) is 35.1 Å². The molecule has 3 heterocycles. The van der Waals surface area contributed by atoms with Gasteiger partial charge in [0.25, 0.3) is 5.91 Å². The van der Waals surface area contributed by atoms with Crippen LogP contribution in [0.4, 0.5) is 4.39 Å². The van der Waals surface area contributed by atoms with Crippen LogP contribution in [0.3, 0.4) is 0 Å². The molecule has 3 fully saturated rings. The average Bonchev–Trinajstić information content (AvgIpc) is 2.87. The van der Waals surface area contributed by atoms with Crippen LogP contribution in [0.5, 0.6) is 0 Å². The van der Waals surface area contributed by atoms with Crippen molar-refractivity contribution < 1.29 is 17.6 Å². The van der Waals surface area contributed by atoms with Gasteiger partial charge in [0.05, 0.1) is 5.75 Å². The van der Waals surface area contributed by atoms with Crippen molar-refractivity contribution in [2.75, 3.05) is 38.5 Å². The van der Waals surface area contributed by atoms with Gasteiger partial charge in [-0.1, -0.05) is 12.5 Å². The van der Waals surface area contributed by atoms with Crippen LogP contribution in [0.25, 0.3) is 0 Å². The van der Waals surface area contributed by atoms with Crippen LogP contribution in [0.15, 0.2) is 18.2 Å². The first kappa shape index (κ1) is 18.9. The third-order valence-corrected chi connectivity index (χ3v) is 9.25. The van der Waals surface area contributed by atoms with Gasteiger partial charge in [0.15, 0.2) is 9.84 Å². The highest BCUT2D eigenvalue weighted by Crippen LogP contribution is 2.45. The number of carbonyl (C=O) groups is 1. The quantitative estimate of drug-likeness (QED) is 0.789. The summed E-state index contributed by atoms with van der Waals surface area (Å²) in [6, 6.07) is 4.45. The Morgan fingerprint density at radius 2 is 1.93 bits per heavy atom. The Morgan fingerprint density at radius 1 is 1.22 bits per heavy atom. The normalized spacial score (nSPS) is 26.9. The Bertz CT molecular complexity index is 843. The van der Waals surface area contributed by atoms with E-state index in [0.29, 0.717) is 12.0 Å². The first-order valence-electron chi connectivity index (χ1n) is 9.82. The van der Waals surface area contributed by atoms with Crippen LogP contribution < -0.4 is 0 Å². The standard InChI is InChI=1S/C20H27FN2O3S/c1-15-5-6-16(11-18(15)21)19(24)23-13-20(14-23)17(7-10-27(20,25)26)12-22-8-3-2-4-9-22/h5-6,11,17H,2-4,7-10,12-14H2,1H3. The van der Waals surface area contributed by atoms with E-state index in [4.69, 9.17) is 0 Å². The summed E-state index contributed by atoms with van der Waals surface area (Å²) in [7, 11) is -3.21. The van der Waals surface area contributed by atoms with Crippen LogP contribution in [-0.2, 0) is 9.84 Å². The lowest BCUT2D eigenvalue weighted by molar-refractivity contribution is 0.0411. The summed E-state index contributed by atoms with van der Waals surface area (Å²) >= 11 is 0. The van der Waals surface area contributed by atoms with Gasteiger partial charge in [0, 0.05) is 25.2 Å². The second-order valence-electron chi connectivity index (χ2n) is 8.36. The first-order valence-corrected chi connectivity index (χ1v) is 11.5. The zero-order chi connectivity index (χ0) is 19.2. The van der Waals surface area contributed by atoms with Crippen LogP contribution in [0.2, 0.25) is 0 Å². The summed E-state index contributed by atoms with van der Waals surface area (Å²) in [4.78, 5) is 16.6. The molecule has 1 aromatic rings. The molecule has 1 aromatic carbocycles. The molecule has 0 saturated carbocycles. The van der Waals surface area contributed by atoms with E-state index in [-0.39, 0.29) is 36.2 Å². The lowest BCUT2D eigenvalue weighted by Crippen LogP contribution is -2.69. The fraction of sp³-hybridized carbons (Fsp3) is 0.650. The molecule has 1 amide bonds. The SMILES string of the molecule is Cc1ccc(C(=O)N2CC3(C2)C(CN2CCCCC2)CCS3(=O)=O)cc1F. The molecule has 3 saturated heterocycles. The Kier molecular flexibility index (Phi) is 4.79. The van der Waals surface area contributed by atoms with E-state index in [1.54, 1.807) is 24.0 Å². The molecule has 1 spiro atoms. The Labute approximate surface area is 160 Å². The van der Waals surface area contributed by atoms with Gasteiger partial charge in [-0.15, -0.1) is 0 Å². The molecule has 1 unspecified atom stereocenters. The highest BCUT2D eigenvalue weighted by Gasteiger charge is 2.62. The van der Waals surface area contributed by atoms with Crippen LogP contribution in [-0.4, -0.2) is 67.3 Å². The zero-order valence-electron chi connectivity index (χ0n) is 15.8. The Morgan fingerprint density at radius 3 is 2.59 bits per heavy atom. The number of amides is 1. The van der Waals surface area contributed by atoms with Crippen molar-refractivity contribution in [3.63, 3.8) is 0 Å². The molecule has 3 aliphatic rings. The van der Waals surface area contributed by atoms with Crippen molar-refractivity contribution >= 4 is 15.7 Å².